The Morgan fingerprint density at radius 3 is 2.90 bits per heavy atom. The highest BCUT2D eigenvalue weighted by atomic mass is 16.4. The number of carbonyl (C=O) groups is 2. The maximum absolute atomic E-state index is 11.6. The van der Waals surface area contributed by atoms with Crippen molar-refractivity contribution < 1.29 is 14.7 Å². The van der Waals surface area contributed by atoms with Crippen LogP contribution in [-0.4, -0.2) is 64.0 Å². The number of carboxylic acids is 1. The minimum Gasteiger partial charge on any atom is -0.477 e. The SMILES string of the molecule is Cc1nn(C)c(N2CCN3C(=O)NCC3C2)c1C(=O)O. The molecule has 3 rings (SSSR count). The van der Waals surface area contributed by atoms with Gasteiger partial charge in [-0.05, 0) is 6.92 Å². The van der Waals surface area contributed by atoms with Gasteiger partial charge >= 0.3 is 12.0 Å². The van der Waals surface area contributed by atoms with Crippen molar-refractivity contribution in [2.75, 3.05) is 31.1 Å². The van der Waals surface area contributed by atoms with Gasteiger partial charge in [0.2, 0.25) is 0 Å². The molecule has 0 saturated carbocycles. The Labute approximate surface area is 115 Å². The standard InChI is InChI=1S/C12H17N5O3/c1-7-9(11(18)19)10(15(2)14-7)16-3-4-17-8(6-16)5-13-12(17)20/h8H,3-6H2,1-2H3,(H,13,20)(H,18,19). The topological polar surface area (TPSA) is 90.7 Å². The molecule has 2 N–H and O–H groups in total. The van der Waals surface area contributed by atoms with Crippen LogP contribution in [0.1, 0.15) is 16.1 Å². The molecule has 8 heteroatoms. The van der Waals surface area contributed by atoms with Crippen LogP contribution in [0.15, 0.2) is 0 Å². The molecule has 0 spiro atoms. The lowest BCUT2D eigenvalue weighted by Crippen LogP contribution is -2.52. The molecular formula is C12H17N5O3. The molecule has 2 saturated heterocycles. The Balaban J connectivity index is 1.91. The largest absolute Gasteiger partial charge is 0.477 e. The summed E-state index contributed by atoms with van der Waals surface area (Å²) in [7, 11) is 1.75. The fourth-order valence-electron chi connectivity index (χ4n) is 3.06. The van der Waals surface area contributed by atoms with E-state index in [2.05, 4.69) is 10.4 Å². The van der Waals surface area contributed by atoms with Crippen LogP contribution in [0.5, 0.6) is 0 Å². The van der Waals surface area contributed by atoms with Crippen molar-refractivity contribution in [3.63, 3.8) is 0 Å². The molecule has 3 heterocycles. The number of hydrogen-bond donors (Lipinski definition) is 2. The summed E-state index contributed by atoms with van der Waals surface area (Å²) in [6.07, 6.45) is 0. The third kappa shape index (κ3) is 1.79. The summed E-state index contributed by atoms with van der Waals surface area (Å²) in [4.78, 5) is 26.8. The number of aromatic nitrogens is 2. The van der Waals surface area contributed by atoms with Gasteiger partial charge in [-0.2, -0.15) is 5.10 Å². The van der Waals surface area contributed by atoms with Gasteiger partial charge in [-0.3, -0.25) is 4.68 Å². The number of nitrogens with zero attached hydrogens (tertiary/aromatic N) is 4. The van der Waals surface area contributed by atoms with Crippen LogP contribution in [0.4, 0.5) is 10.6 Å². The van der Waals surface area contributed by atoms with Gasteiger partial charge in [0.25, 0.3) is 0 Å². The van der Waals surface area contributed by atoms with Gasteiger partial charge in [0, 0.05) is 33.2 Å². The molecule has 108 valence electrons. The van der Waals surface area contributed by atoms with Crippen LogP contribution in [0.25, 0.3) is 0 Å². The second-order valence-corrected chi connectivity index (χ2v) is 5.19. The number of rotatable bonds is 2. The van der Waals surface area contributed by atoms with Crippen molar-refractivity contribution in [2.45, 2.75) is 13.0 Å². The fraction of sp³-hybridized carbons (Fsp3) is 0.583. The predicted octanol–water partition coefficient (Wildman–Crippen LogP) is -0.359. The van der Waals surface area contributed by atoms with E-state index >= 15 is 0 Å². The maximum atomic E-state index is 11.6. The average Bonchev–Trinajstić information content (AvgIpc) is 2.89. The maximum Gasteiger partial charge on any atom is 0.341 e. The Morgan fingerprint density at radius 2 is 2.20 bits per heavy atom. The molecule has 1 unspecified atom stereocenters. The Kier molecular flexibility index (Phi) is 2.81. The van der Waals surface area contributed by atoms with E-state index in [1.54, 1.807) is 23.6 Å². The number of carboxylic acid groups (broad SMARTS) is 1. The van der Waals surface area contributed by atoms with Crippen molar-refractivity contribution >= 4 is 17.8 Å². The first-order valence-electron chi connectivity index (χ1n) is 6.55. The molecule has 2 aliphatic heterocycles. The minimum absolute atomic E-state index is 0.0331. The van der Waals surface area contributed by atoms with E-state index in [0.717, 1.165) is 0 Å². The Bertz CT molecular complexity index is 582. The van der Waals surface area contributed by atoms with Crippen LogP contribution in [0.3, 0.4) is 0 Å². The lowest BCUT2D eigenvalue weighted by Gasteiger charge is -2.37. The second-order valence-electron chi connectivity index (χ2n) is 5.19. The number of aromatic carboxylic acids is 1. The quantitative estimate of drug-likeness (QED) is 0.771. The van der Waals surface area contributed by atoms with Crippen LogP contribution < -0.4 is 10.2 Å². The smallest absolute Gasteiger partial charge is 0.341 e. The molecule has 0 radical (unpaired) electrons. The number of anilines is 1. The molecule has 0 aromatic carbocycles. The molecule has 1 atom stereocenters. The number of amides is 2. The fourth-order valence-corrected chi connectivity index (χ4v) is 3.06. The second kappa shape index (κ2) is 4.39. The monoisotopic (exact) mass is 279 g/mol. The number of carbonyl (C=O) groups excluding carboxylic acids is 1. The Morgan fingerprint density at radius 1 is 1.45 bits per heavy atom. The molecule has 2 amide bonds. The third-order valence-electron chi connectivity index (χ3n) is 3.94. The molecular weight excluding hydrogens is 262 g/mol. The van der Waals surface area contributed by atoms with Gasteiger partial charge in [-0.1, -0.05) is 0 Å². The highest BCUT2D eigenvalue weighted by molar-refractivity contribution is 5.95. The lowest BCUT2D eigenvalue weighted by atomic mass is 10.1. The van der Waals surface area contributed by atoms with E-state index in [9.17, 15) is 14.7 Å². The van der Waals surface area contributed by atoms with Crippen LogP contribution in [0, 0.1) is 6.92 Å². The zero-order valence-corrected chi connectivity index (χ0v) is 11.5. The van der Waals surface area contributed by atoms with E-state index in [0.29, 0.717) is 37.7 Å². The summed E-state index contributed by atoms with van der Waals surface area (Å²) >= 11 is 0. The average molecular weight is 279 g/mol. The zero-order chi connectivity index (χ0) is 14.4. The van der Waals surface area contributed by atoms with Crippen LogP contribution >= 0.6 is 0 Å². The van der Waals surface area contributed by atoms with E-state index in [1.165, 1.54) is 0 Å². The van der Waals surface area contributed by atoms with Crippen molar-refractivity contribution in [1.29, 1.82) is 0 Å². The van der Waals surface area contributed by atoms with Gasteiger partial charge in [-0.25, -0.2) is 9.59 Å². The molecule has 2 fully saturated rings. The van der Waals surface area contributed by atoms with Gasteiger partial charge in [-0.15, -0.1) is 0 Å². The summed E-state index contributed by atoms with van der Waals surface area (Å²) in [5.74, 6) is -0.345. The minimum atomic E-state index is -0.964. The predicted molar refractivity (Wildman–Crippen MR) is 71.0 cm³/mol. The molecule has 0 aliphatic carbocycles. The molecule has 20 heavy (non-hydrogen) atoms. The van der Waals surface area contributed by atoms with E-state index in [4.69, 9.17) is 0 Å². The summed E-state index contributed by atoms with van der Waals surface area (Å²) in [6.45, 7) is 4.14. The molecule has 8 nitrogen and oxygen atoms in total. The summed E-state index contributed by atoms with van der Waals surface area (Å²) in [5.41, 5.74) is 0.760. The number of urea groups is 1. The van der Waals surface area contributed by atoms with Crippen molar-refractivity contribution in [3.05, 3.63) is 11.3 Å². The summed E-state index contributed by atoms with van der Waals surface area (Å²) < 4.78 is 1.61. The Hall–Kier alpha value is -2.25. The first-order valence-corrected chi connectivity index (χ1v) is 6.55. The number of nitrogens with one attached hydrogen (secondary N) is 1. The van der Waals surface area contributed by atoms with Gasteiger partial charge in [0.05, 0.1) is 11.7 Å². The molecule has 1 aromatic heterocycles. The lowest BCUT2D eigenvalue weighted by molar-refractivity contribution is 0.0696. The highest BCUT2D eigenvalue weighted by Gasteiger charge is 2.37. The zero-order valence-electron chi connectivity index (χ0n) is 11.5. The normalized spacial score (nSPS) is 21.9. The van der Waals surface area contributed by atoms with Crippen LogP contribution in [0.2, 0.25) is 0 Å². The van der Waals surface area contributed by atoms with Gasteiger partial charge in [0.15, 0.2) is 0 Å². The van der Waals surface area contributed by atoms with Gasteiger partial charge in [0.1, 0.15) is 11.4 Å². The highest BCUT2D eigenvalue weighted by Crippen LogP contribution is 2.26. The summed E-state index contributed by atoms with van der Waals surface area (Å²) in [5, 5.41) is 16.4. The first-order chi connectivity index (χ1) is 9.49. The van der Waals surface area contributed by atoms with E-state index < -0.39 is 5.97 Å². The number of hydrogen-bond acceptors (Lipinski definition) is 4. The van der Waals surface area contributed by atoms with Gasteiger partial charge < -0.3 is 20.2 Å². The number of fused-ring (bicyclic) bond motifs is 1. The van der Waals surface area contributed by atoms with Crippen LogP contribution in [-0.2, 0) is 7.05 Å². The number of piperazine rings is 1. The summed E-state index contributed by atoms with van der Waals surface area (Å²) in [6, 6.07) is 0.0578. The molecule has 2 aliphatic rings. The third-order valence-corrected chi connectivity index (χ3v) is 3.94. The van der Waals surface area contributed by atoms with E-state index in [1.807, 2.05) is 4.90 Å². The van der Waals surface area contributed by atoms with Crippen molar-refractivity contribution in [2.24, 2.45) is 7.05 Å². The first kappa shape index (κ1) is 12.8. The van der Waals surface area contributed by atoms with Crippen molar-refractivity contribution in [3.8, 4) is 0 Å². The number of aryl methyl sites for hydroxylation is 2. The molecule has 0 bridgehead atoms. The van der Waals surface area contributed by atoms with Crippen molar-refractivity contribution in [1.82, 2.24) is 20.0 Å². The van der Waals surface area contributed by atoms with E-state index in [-0.39, 0.29) is 17.6 Å². The molecule has 1 aromatic rings.